The van der Waals surface area contributed by atoms with E-state index in [2.05, 4.69) is 0 Å². The van der Waals surface area contributed by atoms with Gasteiger partial charge in [-0.15, -0.1) is 0 Å². The molecule has 0 N–H and O–H groups in total. The summed E-state index contributed by atoms with van der Waals surface area (Å²) in [4.78, 5) is 21.0. The lowest BCUT2D eigenvalue weighted by molar-refractivity contribution is 0.111. The molecule has 2 aromatic rings. The molecule has 0 saturated heterocycles. The van der Waals surface area contributed by atoms with E-state index in [-0.39, 0.29) is 15.5 Å². The summed E-state index contributed by atoms with van der Waals surface area (Å²) in [6, 6.07) is 11.7. The molecule has 0 atom stereocenters. The van der Waals surface area contributed by atoms with Crippen LogP contribution in [0.2, 0.25) is 0 Å². The number of benzene rings is 2. The maximum absolute atomic E-state index is 11.3. The highest BCUT2D eigenvalue weighted by Crippen LogP contribution is 2.11. The van der Waals surface area contributed by atoms with E-state index in [1.807, 2.05) is 0 Å². The van der Waals surface area contributed by atoms with Crippen molar-refractivity contribution >= 4 is 32.2 Å². The predicted octanol–water partition coefficient (Wildman–Crippen LogP) is 2.20. The van der Waals surface area contributed by atoms with Crippen LogP contribution < -0.4 is 0 Å². The summed E-state index contributed by atoms with van der Waals surface area (Å²) in [6.45, 7) is 1.59. The summed E-state index contributed by atoms with van der Waals surface area (Å²) < 4.78 is 44.5. The van der Waals surface area contributed by atoms with Crippen LogP contribution in [0.25, 0.3) is 0 Å². The van der Waals surface area contributed by atoms with Crippen LogP contribution in [-0.2, 0) is 19.7 Å². The zero-order valence-electron chi connectivity index (χ0n) is 13.7. The molecule has 8 heteroatoms. The monoisotopic (exact) mass is 382 g/mol. The first-order valence-corrected chi connectivity index (χ1v) is 10.7. The van der Waals surface area contributed by atoms with Crippen LogP contribution in [0.15, 0.2) is 58.3 Å². The molecule has 2 rings (SSSR count). The van der Waals surface area contributed by atoms with E-state index in [0.29, 0.717) is 23.7 Å². The average molecular weight is 382 g/mol. The molecular formula is C17H18O6S2. The third-order valence-corrected chi connectivity index (χ3v) is 6.08. The van der Waals surface area contributed by atoms with E-state index in [1.165, 1.54) is 48.5 Å². The van der Waals surface area contributed by atoms with Gasteiger partial charge >= 0.3 is 0 Å². The van der Waals surface area contributed by atoms with Crippen LogP contribution in [0.5, 0.6) is 0 Å². The molecule has 0 spiro atoms. The van der Waals surface area contributed by atoms with Gasteiger partial charge in [0.05, 0.1) is 15.5 Å². The van der Waals surface area contributed by atoms with Gasteiger partial charge in [0, 0.05) is 17.4 Å². The quantitative estimate of drug-likeness (QED) is 0.735. The molecule has 0 aliphatic heterocycles. The summed E-state index contributed by atoms with van der Waals surface area (Å²) in [7, 11) is -6.28. The standard InChI is InChI=1S/C9H10O3S.C8H8O3S/c1-2-13(11,12)9-5-3-8(7-10)4-6-9;1-12(10,11)8-4-2-7(6-9)3-5-8/h3-7H,2H2,1H3;2-6H,1H3. The van der Waals surface area contributed by atoms with Crippen LogP contribution in [0, 0.1) is 0 Å². The number of carbonyl (C=O) groups is 2. The van der Waals surface area contributed by atoms with Gasteiger partial charge in [-0.05, 0) is 24.3 Å². The molecule has 2 aromatic carbocycles. The maximum Gasteiger partial charge on any atom is 0.178 e. The second kappa shape index (κ2) is 8.68. The van der Waals surface area contributed by atoms with Gasteiger partial charge < -0.3 is 0 Å². The normalized spacial score (nSPS) is 11.1. The highest BCUT2D eigenvalue weighted by atomic mass is 32.2. The van der Waals surface area contributed by atoms with E-state index in [4.69, 9.17) is 0 Å². The molecule has 0 aromatic heterocycles. The number of rotatable bonds is 5. The topological polar surface area (TPSA) is 102 Å². The van der Waals surface area contributed by atoms with Gasteiger partial charge in [-0.25, -0.2) is 16.8 Å². The minimum Gasteiger partial charge on any atom is -0.298 e. The number of hydrogen-bond acceptors (Lipinski definition) is 6. The Labute approximate surface area is 147 Å². The van der Waals surface area contributed by atoms with Crippen molar-refractivity contribution in [1.82, 2.24) is 0 Å². The number of hydrogen-bond donors (Lipinski definition) is 0. The molecule has 0 aliphatic carbocycles. The summed E-state index contributed by atoms with van der Waals surface area (Å²) in [5, 5.41) is 0. The van der Waals surface area contributed by atoms with Crippen molar-refractivity contribution in [2.24, 2.45) is 0 Å². The Kier molecular flexibility index (Phi) is 7.20. The molecular weight excluding hydrogens is 364 g/mol. The minimum absolute atomic E-state index is 0.0768. The van der Waals surface area contributed by atoms with Crippen LogP contribution >= 0.6 is 0 Å². The largest absolute Gasteiger partial charge is 0.298 e. The fraction of sp³-hybridized carbons (Fsp3) is 0.176. The van der Waals surface area contributed by atoms with Gasteiger partial charge in [-0.2, -0.15) is 0 Å². The number of aldehydes is 2. The Balaban J connectivity index is 0.000000251. The molecule has 0 heterocycles. The van der Waals surface area contributed by atoms with E-state index in [9.17, 15) is 26.4 Å². The van der Waals surface area contributed by atoms with Crippen LogP contribution in [-0.4, -0.2) is 41.4 Å². The minimum atomic E-state index is -3.14. The Bertz CT molecular complexity index is 926. The third-order valence-electron chi connectivity index (χ3n) is 3.20. The average Bonchev–Trinajstić information content (AvgIpc) is 2.61. The highest BCUT2D eigenvalue weighted by Gasteiger charge is 2.10. The predicted molar refractivity (Wildman–Crippen MR) is 94.5 cm³/mol. The van der Waals surface area contributed by atoms with Crippen LogP contribution in [0.1, 0.15) is 27.6 Å². The molecule has 134 valence electrons. The molecule has 6 nitrogen and oxygen atoms in total. The first-order valence-electron chi connectivity index (χ1n) is 7.17. The van der Waals surface area contributed by atoms with Gasteiger partial charge in [0.15, 0.2) is 19.7 Å². The van der Waals surface area contributed by atoms with Crippen molar-refractivity contribution in [3.05, 3.63) is 59.7 Å². The van der Waals surface area contributed by atoms with Crippen molar-refractivity contribution in [1.29, 1.82) is 0 Å². The second-order valence-electron chi connectivity index (χ2n) is 5.05. The fourth-order valence-electron chi connectivity index (χ4n) is 1.71. The molecule has 0 fully saturated rings. The SMILES string of the molecule is CCS(=O)(=O)c1ccc(C=O)cc1.CS(=O)(=O)c1ccc(C=O)cc1. The Morgan fingerprint density at radius 3 is 1.36 bits per heavy atom. The maximum atomic E-state index is 11.3. The lowest BCUT2D eigenvalue weighted by Crippen LogP contribution is -2.03. The number of carbonyl (C=O) groups excluding carboxylic acids is 2. The lowest BCUT2D eigenvalue weighted by atomic mass is 10.2. The highest BCUT2D eigenvalue weighted by molar-refractivity contribution is 7.91. The Morgan fingerprint density at radius 1 is 0.720 bits per heavy atom. The Morgan fingerprint density at radius 2 is 1.08 bits per heavy atom. The van der Waals surface area contributed by atoms with E-state index < -0.39 is 19.7 Å². The molecule has 0 unspecified atom stereocenters. The molecule has 0 saturated carbocycles. The molecule has 0 aliphatic rings. The second-order valence-corrected chi connectivity index (χ2v) is 9.34. The molecule has 0 radical (unpaired) electrons. The molecule has 0 bridgehead atoms. The van der Waals surface area contributed by atoms with Crippen LogP contribution in [0.4, 0.5) is 0 Å². The van der Waals surface area contributed by atoms with Gasteiger partial charge in [0.1, 0.15) is 12.6 Å². The zero-order valence-corrected chi connectivity index (χ0v) is 15.4. The first kappa shape index (κ1) is 20.7. The van der Waals surface area contributed by atoms with Gasteiger partial charge in [0.2, 0.25) is 0 Å². The Hall–Kier alpha value is -2.32. The molecule has 25 heavy (non-hydrogen) atoms. The number of sulfone groups is 2. The van der Waals surface area contributed by atoms with Gasteiger partial charge in [-0.1, -0.05) is 31.2 Å². The summed E-state index contributed by atoms with van der Waals surface area (Å²) >= 11 is 0. The molecule has 0 amide bonds. The van der Waals surface area contributed by atoms with Crippen molar-refractivity contribution in [2.75, 3.05) is 12.0 Å². The fourth-order valence-corrected chi connectivity index (χ4v) is 3.23. The van der Waals surface area contributed by atoms with Gasteiger partial charge in [-0.3, -0.25) is 9.59 Å². The summed E-state index contributed by atoms with van der Waals surface area (Å²) in [5.41, 5.74) is 0.956. The first-order chi connectivity index (χ1) is 11.6. The van der Waals surface area contributed by atoms with Crippen LogP contribution in [0.3, 0.4) is 0 Å². The lowest BCUT2D eigenvalue weighted by Gasteiger charge is -1.99. The smallest absolute Gasteiger partial charge is 0.178 e. The third kappa shape index (κ3) is 6.24. The van der Waals surface area contributed by atoms with Crippen molar-refractivity contribution in [3.8, 4) is 0 Å². The van der Waals surface area contributed by atoms with E-state index in [0.717, 1.165) is 6.26 Å². The van der Waals surface area contributed by atoms with Gasteiger partial charge in [0.25, 0.3) is 0 Å². The zero-order chi connectivity index (χ0) is 19.1. The summed E-state index contributed by atoms with van der Waals surface area (Å²) in [6.07, 6.45) is 2.48. The van der Waals surface area contributed by atoms with Crippen molar-refractivity contribution in [2.45, 2.75) is 16.7 Å². The van der Waals surface area contributed by atoms with Crippen molar-refractivity contribution in [3.63, 3.8) is 0 Å². The summed E-state index contributed by atoms with van der Waals surface area (Å²) in [5.74, 6) is 0.0768. The van der Waals surface area contributed by atoms with E-state index >= 15 is 0 Å². The van der Waals surface area contributed by atoms with Crippen molar-refractivity contribution < 1.29 is 26.4 Å². The van der Waals surface area contributed by atoms with E-state index in [1.54, 1.807) is 6.92 Å².